The van der Waals surface area contributed by atoms with Gasteiger partial charge in [0.2, 0.25) is 0 Å². The predicted molar refractivity (Wildman–Crippen MR) is 78.1 cm³/mol. The average molecular weight is 258 g/mol. The highest BCUT2D eigenvalue weighted by Crippen LogP contribution is 2.30. The zero-order valence-corrected chi connectivity index (χ0v) is 11.7. The van der Waals surface area contributed by atoms with Crippen LogP contribution in [-0.4, -0.2) is 29.7 Å². The Morgan fingerprint density at radius 3 is 2.89 bits per heavy atom. The highest BCUT2D eigenvalue weighted by molar-refractivity contribution is 5.76. The summed E-state index contributed by atoms with van der Waals surface area (Å²) in [6, 6.07) is 7.10. The molecule has 0 spiro atoms. The second-order valence-corrected chi connectivity index (χ2v) is 5.46. The van der Waals surface area contributed by atoms with Gasteiger partial charge in [0.05, 0.1) is 17.4 Å². The van der Waals surface area contributed by atoms with Crippen LogP contribution >= 0.6 is 0 Å². The summed E-state index contributed by atoms with van der Waals surface area (Å²) >= 11 is 0. The lowest BCUT2D eigenvalue weighted by Gasteiger charge is -2.30. The van der Waals surface area contributed by atoms with Gasteiger partial charge in [0.1, 0.15) is 0 Å². The van der Waals surface area contributed by atoms with Crippen molar-refractivity contribution in [3.05, 3.63) is 30.1 Å². The van der Waals surface area contributed by atoms with Gasteiger partial charge in [-0.1, -0.05) is 6.07 Å². The Labute approximate surface area is 114 Å². The standard InChI is InChI=1S/C15H22N4/c1-16-15(11-5-7-17-8-6-11)12-3-4-14-13(9-12)18-10-19(14)2/h3-4,9-11,15-17H,5-8H2,1-2H3. The highest BCUT2D eigenvalue weighted by atomic mass is 15.0. The molecule has 2 N–H and O–H groups in total. The molecule has 0 aliphatic carbocycles. The molecule has 1 unspecified atom stereocenters. The summed E-state index contributed by atoms with van der Waals surface area (Å²) in [4.78, 5) is 4.46. The summed E-state index contributed by atoms with van der Waals surface area (Å²) in [6.07, 6.45) is 4.37. The Bertz CT molecular complexity index is 554. The number of piperidine rings is 1. The van der Waals surface area contributed by atoms with Gasteiger partial charge in [0.25, 0.3) is 0 Å². The maximum absolute atomic E-state index is 4.46. The van der Waals surface area contributed by atoms with Gasteiger partial charge in [-0.15, -0.1) is 0 Å². The van der Waals surface area contributed by atoms with Gasteiger partial charge < -0.3 is 15.2 Å². The molecule has 0 radical (unpaired) electrons. The first-order valence-electron chi connectivity index (χ1n) is 7.08. The number of hydrogen-bond donors (Lipinski definition) is 2. The van der Waals surface area contributed by atoms with E-state index in [2.05, 4.69) is 45.4 Å². The average Bonchev–Trinajstić information content (AvgIpc) is 2.82. The molecule has 0 bridgehead atoms. The lowest BCUT2D eigenvalue weighted by Crippen LogP contribution is -2.35. The predicted octanol–water partition coefficient (Wildman–Crippen LogP) is 1.83. The molecule has 1 aromatic heterocycles. The maximum Gasteiger partial charge on any atom is 0.0955 e. The van der Waals surface area contributed by atoms with E-state index < -0.39 is 0 Å². The Morgan fingerprint density at radius 1 is 1.37 bits per heavy atom. The topological polar surface area (TPSA) is 41.9 Å². The first kappa shape index (κ1) is 12.6. The SMILES string of the molecule is CNC(c1ccc2c(c1)ncn2C)C1CCNCC1. The Kier molecular flexibility index (Phi) is 3.53. The van der Waals surface area contributed by atoms with Gasteiger partial charge in [-0.2, -0.15) is 0 Å². The van der Waals surface area contributed by atoms with Gasteiger partial charge in [0, 0.05) is 13.1 Å². The molecular weight excluding hydrogens is 236 g/mol. The minimum absolute atomic E-state index is 0.438. The van der Waals surface area contributed by atoms with E-state index >= 15 is 0 Å². The molecule has 19 heavy (non-hydrogen) atoms. The van der Waals surface area contributed by atoms with Crippen LogP contribution in [0, 0.1) is 5.92 Å². The van der Waals surface area contributed by atoms with E-state index in [0.29, 0.717) is 12.0 Å². The van der Waals surface area contributed by atoms with Crippen molar-refractivity contribution in [2.45, 2.75) is 18.9 Å². The molecule has 1 fully saturated rings. The molecule has 1 aromatic carbocycles. The Morgan fingerprint density at radius 2 is 2.16 bits per heavy atom. The van der Waals surface area contributed by atoms with Gasteiger partial charge in [-0.05, 0) is 56.6 Å². The van der Waals surface area contributed by atoms with Crippen LogP contribution in [0.15, 0.2) is 24.5 Å². The van der Waals surface area contributed by atoms with Crippen molar-refractivity contribution in [1.29, 1.82) is 0 Å². The first-order valence-corrected chi connectivity index (χ1v) is 7.08. The molecule has 4 heteroatoms. The van der Waals surface area contributed by atoms with E-state index in [1.807, 2.05) is 13.4 Å². The molecule has 0 amide bonds. The number of nitrogens with one attached hydrogen (secondary N) is 2. The van der Waals surface area contributed by atoms with Gasteiger partial charge >= 0.3 is 0 Å². The molecule has 4 nitrogen and oxygen atoms in total. The van der Waals surface area contributed by atoms with Crippen molar-refractivity contribution >= 4 is 11.0 Å². The molecule has 1 atom stereocenters. The highest BCUT2D eigenvalue weighted by Gasteiger charge is 2.23. The van der Waals surface area contributed by atoms with Gasteiger partial charge in [0.15, 0.2) is 0 Å². The zero-order valence-electron chi connectivity index (χ0n) is 11.7. The molecule has 2 aromatic rings. The number of imidazole rings is 1. The minimum atomic E-state index is 0.438. The van der Waals surface area contributed by atoms with Crippen molar-refractivity contribution < 1.29 is 0 Å². The van der Waals surface area contributed by atoms with Crippen LogP contribution in [0.4, 0.5) is 0 Å². The number of hydrogen-bond acceptors (Lipinski definition) is 3. The summed E-state index contributed by atoms with van der Waals surface area (Å²) in [6.45, 7) is 2.27. The Hall–Kier alpha value is -1.39. The number of aryl methyl sites for hydroxylation is 1. The Balaban J connectivity index is 1.91. The molecule has 102 valence electrons. The van der Waals surface area contributed by atoms with Gasteiger partial charge in [-0.3, -0.25) is 0 Å². The van der Waals surface area contributed by atoms with E-state index in [1.165, 1.54) is 23.9 Å². The van der Waals surface area contributed by atoms with Crippen LogP contribution in [0.3, 0.4) is 0 Å². The van der Waals surface area contributed by atoms with Crippen molar-refractivity contribution in [1.82, 2.24) is 20.2 Å². The van der Waals surface area contributed by atoms with E-state index in [4.69, 9.17) is 0 Å². The summed E-state index contributed by atoms with van der Waals surface area (Å²) in [5, 5.41) is 6.93. The number of nitrogens with zero attached hydrogens (tertiary/aromatic N) is 2. The maximum atomic E-state index is 4.46. The lowest BCUT2D eigenvalue weighted by atomic mass is 9.86. The normalized spacial score (nSPS) is 18.8. The van der Waals surface area contributed by atoms with Crippen molar-refractivity contribution in [2.75, 3.05) is 20.1 Å². The summed E-state index contributed by atoms with van der Waals surface area (Å²) < 4.78 is 2.07. The van der Waals surface area contributed by atoms with E-state index in [0.717, 1.165) is 18.6 Å². The zero-order chi connectivity index (χ0) is 13.2. The van der Waals surface area contributed by atoms with Crippen LogP contribution in [-0.2, 0) is 7.05 Å². The fraction of sp³-hybridized carbons (Fsp3) is 0.533. The monoisotopic (exact) mass is 258 g/mol. The third-order valence-electron chi connectivity index (χ3n) is 4.27. The van der Waals surface area contributed by atoms with Gasteiger partial charge in [-0.25, -0.2) is 4.98 Å². The van der Waals surface area contributed by atoms with E-state index in [9.17, 15) is 0 Å². The summed E-state index contributed by atoms with van der Waals surface area (Å²) in [5.74, 6) is 0.715. The van der Waals surface area contributed by atoms with Crippen molar-refractivity contribution in [3.8, 4) is 0 Å². The molecule has 0 saturated carbocycles. The lowest BCUT2D eigenvalue weighted by molar-refractivity contribution is 0.294. The molecule has 1 aliphatic rings. The fourth-order valence-corrected chi connectivity index (χ4v) is 3.20. The number of benzene rings is 1. The summed E-state index contributed by atoms with van der Waals surface area (Å²) in [7, 11) is 4.10. The van der Waals surface area contributed by atoms with Crippen LogP contribution in [0.2, 0.25) is 0 Å². The second-order valence-electron chi connectivity index (χ2n) is 5.46. The molecule has 1 saturated heterocycles. The second kappa shape index (κ2) is 5.31. The van der Waals surface area contributed by atoms with E-state index in [1.54, 1.807) is 0 Å². The van der Waals surface area contributed by atoms with Crippen LogP contribution in [0.1, 0.15) is 24.4 Å². The van der Waals surface area contributed by atoms with Crippen molar-refractivity contribution in [3.63, 3.8) is 0 Å². The largest absolute Gasteiger partial charge is 0.334 e. The minimum Gasteiger partial charge on any atom is -0.334 e. The van der Waals surface area contributed by atoms with Crippen LogP contribution < -0.4 is 10.6 Å². The molecular formula is C15H22N4. The fourth-order valence-electron chi connectivity index (χ4n) is 3.20. The molecule has 1 aliphatic heterocycles. The molecule has 2 heterocycles. The number of aromatic nitrogens is 2. The quantitative estimate of drug-likeness (QED) is 0.882. The third-order valence-corrected chi connectivity index (χ3v) is 4.27. The first-order chi connectivity index (χ1) is 9.29. The molecule has 3 rings (SSSR count). The summed E-state index contributed by atoms with van der Waals surface area (Å²) in [5.41, 5.74) is 3.65. The number of fused-ring (bicyclic) bond motifs is 1. The van der Waals surface area contributed by atoms with Crippen LogP contribution in [0.25, 0.3) is 11.0 Å². The van der Waals surface area contributed by atoms with Crippen LogP contribution in [0.5, 0.6) is 0 Å². The third kappa shape index (κ3) is 2.38. The van der Waals surface area contributed by atoms with Crippen molar-refractivity contribution in [2.24, 2.45) is 13.0 Å². The van der Waals surface area contributed by atoms with E-state index in [-0.39, 0.29) is 0 Å². The smallest absolute Gasteiger partial charge is 0.0955 e. The number of rotatable bonds is 3.